The molecule has 4 heteroatoms. The summed E-state index contributed by atoms with van der Waals surface area (Å²) < 4.78 is 1.01. The minimum absolute atomic E-state index is 0.0969. The molecule has 0 aliphatic heterocycles. The molecule has 2 aromatic carbocycles. The van der Waals surface area contributed by atoms with E-state index in [4.69, 9.17) is 17.3 Å². The molecule has 98 valence electrons. The number of fused-ring (bicyclic) bond motifs is 1. The topological polar surface area (TPSA) is 38.0 Å². The Balaban J connectivity index is 1.91. The first kappa shape index (κ1) is 13.0. The second kappa shape index (κ2) is 5.16. The molecule has 0 spiro atoms. The molecule has 2 nitrogen and oxygen atoms in total. The molecule has 1 aliphatic rings. The van der Waals surface area contributed by atoms with E-state index in [2.05, 4.69) is 33.4 Å². The minimum atomic E-state index is 0.0969. The summed E-state index contributed by atoms with van der Waals surface area (Å²) in [5.41, 5.74) is 9.61. The van der Waals surface area contributed by atoms with Gasteiger partial charge in [0.05, 0.1) is 16.8 Å². The average Bonchev–Trinajstić information content (AvgIpc) is 2.72. The highest BCUT2D eigenvalue weighted by Gasteiger charge is 2.28. The standard InChI is InChI=1S/C15H14BrClN2/c16-9-5-6-12(17)15(7-9)19-14-8-13(18)10-3-1-2-4-11(10)14/h1-7,13-14,19H,8,18H2. The maximum Gasteiger partial charge on any atom is 0.0638 e. The summed E-state index contributed by atoms with van der Waals surface area (Å²) in [5, 5.41) is 4.22. The first-order valence-electron chi connectivity index (χ1n) is 6.21. The van der Waals surface area contributed by atoms with Crippen molar-refractivity contribution in [1.29, 1.82) is 0 Å². The van der Waals surface area contributed by atoms with Crippen molar-refractivity contribution < 1.29 is 0 Å². The minimum Gasteiger partial charge on any atom is -0.377 e. The van der Waals surface area contributed by atoms with Gasteiger partial charge in [0.1, 0.15) is 0 Å². The number of halogens is 2. The normalized spacial score (nSPS) is 21.2. The highest BCUT2D eigenvalue weighted by molar-refractivity contribution is 9.10. The van der Waals surface area contributed by atoms with E-state index in [0.717, 1.165) is 21.6 Å². The van der Waals surface area contributed by atoms with Crippen molar-refractivity contribution in [2.45, 2.75) is 18.5 Å². The van der Waals surface area contributed by atoms with Gasteiger partial charge in [0.2, 0.25) is 0 Å². The Morgan fingerprint density at radius 3 is 2.68 bits per heavy atom. The molecular weight excluding hydrogens is 324 g/mol. The van der Waals surface area contributed by atoms with Crippen molar-refractivity contribution in [3.8, 4) is 0 Å². The number of nitrogens with one attached hydrogen (secondary N) is 1. The summed E-state index contributed by atoms with van der Waals surface area (Å²) in [6.45, 7) is 0. The predicted octanol–water partition coefficient (Wildman–Crippen LogP) is 4.66. The molecule has 0 fully saturated rings. The number of rotatable bonds is 2. The molecule has 3 N–H and O–H groups in total. The first-order valence-corrected chi connectivity index (χ1v) is 7.38. The molecule has 1 aliphatic carbocycles. The zero-order valence-corrected chi connectivity index (χ0v) is 12.6. The molecule has 2 atom stereocenters. The second-order valence-electron chi connectivity index (χ2n) is 4.79. The van der Waals surface area contributed by atoms with Crippen LogP contribution in [0.2, 0.25) is 5.02 Å². The average molecular weight is 338 g/mol. The van der Waals surface area contributed by atoms with E-state index >= 15 is 0 Å². The fourth-order valence-electron chi connectivity index (χ4n) is 2.61. The Morgan fingerprint density at radius 2 is 1.89 bits per heavy atom. The van der Waals surface area contributed by atoms with Gasteiger partial charge in [-0.25, -0.2) is 0 Å². The first-order chi connectivity index (χ1) is 9.15. The summed E-state index contributed by atoms with van der Waals surface area (Å²) in [6, 6.07) is 14.4. The quantitative estimate of drug-likeness (QED) is 0.836. The number of anilines is 1. The van der Waals surface area contributed by atoms with E-state index < -0.39 is 0 Å². The molecular formula is C15H14BrClN2. The lowest BCUT2D eigenvalue weighted by Crippen LogP contribution is -2.10. The molecule has 0 saturated heterocycles. The van der Waals surface area contributed by atoms with Gasteiger partial charge in [-0.1, -0.05) is 51.8 Å². The number of hydrogen-bond donors (Lipinski definition) is 2. The third-order valence-electron chi connectivity index (χ3n) is 3.52. The fourth-order valence-corrected chi connectivity index (χ4v) is 3.14. The van der Waals surface area contributed by atoms with Gasteiger partial charge in [-0.05, 0) is 35.7 Å². The molecule has 3 rings (SSSR count). The van der Waals surface area contributed by atoms with Crippen molar-refractivity contribution in [3.63, 3.8) is 0 Å². The van der Waals surface area contributed by atoms with Crippen LogP contribution in [0.4, 0.5) is 5.69 Å². The summed E-state index contributed by atoms with van der Waals surface area (Å²) >= 11 is 9.69. The molecule has 19 heavy (non-hydrogen) atoms. The number of hydrogen-bond acceptors (Lipinski definition) is 2. The van der Waals surface area contributed by atoms with Crippen molar-refractivity contribution in [2.24, 2.45) is 5.73 Å². The van der Waals surface area contributed by atoms with Gasteiger partial charge in [-0.15, -0.1) is 0 Å². The van der Waals surface area contributed by atoms with Gasteiger partial charge in [0.25, 0.3) is 0 Å². The van der Waals surface area contributed by atoms with Crippen LogP contribution in [-0.4, -0.2) is 0 Å². The number of benzene rings is 2. The van der Waals surface area contributed by atoms with Gasteiger partial charge >= 0.3 is 0 Å². The van der Waals surface area contributed by atoms with E-state index in [0.29, 0.717) is 0 Å². The van der Waals surface area contributed by atoms with Gasteiger partial charge in [-0.2, -0.15) is 0 Å². The summed E-state index contributed by atoms with van der Waals surface area (Å²) in [6.07, 6.45) is 0.891. The Labute approximate surface area is 126 Å². The largest absolute Gasteiger partial charge is 0.377 e. The molecule has 0 bridgehead atoms. The van der Waals surface area contributed by atoms with Crippen LogP contribution in [0, 0.1) is 0 Å². The molecule has 2 aromatic rings. The van der Waals surface area contributed by atoms with Crippen LogP contribution in [0.5, 0.6) is 0 Å². The molecule has 0 heterocycles. The van der Waals surface area contributed by atoms with Gasteiger partial charge in [0.15, 0.2) is 0 Å². The van der Waals surface area contributed by atoms with Crippen molar-refractivity contribution in [1.82, 2.24) is 0 Å². The van der Waals surface area contributed by atoms with E-state index in [-0.39, 0.29) is 12.1 Å². The highest BCUT2D eigenvalue weighted by Crippen LogP contribution is 2.40. The zero-order valence-electron chi connectivity index (χ0n) is 10.2. The van der Waals surface area contributed by atoms with Gasteiger partial charge in [-0.3, -0.25) is 0 Å². The van der Waals surface area contributed by atoms with E-state index in [1.807, 2.05) is 30.3 Å². The lowest BCUT2D eigenvalue weighted by Gasteiger charge is -2.17. The molecule has 0 radical (unpaired) electrons. The van der Waals surface area contributed by atoms with E-state index in [9.17, 15) is 0 Å². The van der Waals surface area contributed by atoms with Crippen LogP contribution < -0.4 is 11.1 Å². The lowest BCUT2D eigenvalue weighted by atomic mass is 10.1. The fraction of sp³-hybridized carbons (Fsp3) is 0.200. The van der Waals surface area contributed by atoms with E-state index in [1.165, 1.54) is 11.1 Å². The van der Waals surface area contributed by atoms with Gasteiger partial charge in [0, 0.05) is 10.5 Å². The SMILES string of the molecule is NC1CC(Nc2cc(Br)ccc2Cl)c2ccccc21. The molecule has 2 unspecified atom stereocenters. The van der Waals surface area contributed by atoms with Crippen molar-refractivity contribution in [2.75, 3.05) is 5.32 Å². The van der Waals surface area contributed by atoms with Crippen LogP contribution >= 0.6 is 27.5 Å². The lowest BCUT2D eigenvalue weighted by molar-refractivity contribution is 0.648. The van der Waals surface area contributed by atoms with Crippen molar-refractivity contribution in [3.05, 3.63) is 63.1 Å². The molecule has 0 aromatic heterocycles. The van der Waals surface area contributed by atoms with E-state index in [1.54, 1.807) is 0 Å². The van der Waals surface area contributed by atoms with Crippen LogP contribution in [-0.2, 0) is 0 Å². The maximum atomic E-state index is 6.22. The molecule has 0 saturated carbocycles. The summed E-state index contributed by atoms with van der Waals surface area (Å²) in [5.74, 6) is 0. The Kier molecular flexibility index (Phi) is 3.52. The monoisotopic (exact) mass is 336 g/mol. The Bertz CT molecular complexity index is 615. The van der Waals surface area contributed by atoms with Crippen LogP contribution in [0.15, 0.2) is 46.9 Å². The van der Waals surface area contributed by atoms with Crippen LogP contribution in [0.25, 0.3) is 0 Å². The third-order valence-corrected chi connectivity index (χ3v) is 4.34. The maximum absolute atomic E-state index is 6.22. The predicted molar refractivity (Wildman–Crippen MR) is 83.5 cm³/mol. The van der Waals surface area contributed by atoms with Crippen molar-refractivity contribution >= 4 is 33.2 Å². The number of nitrogens with two attached hydrogens (primary N) is 1. The Hall–Kier alpha value is -1.03. The smallest absolute Gasteiger partial charge is 0.0638 e. The second-order valence-corrected chi connectivity index (χ2v) is 6.12. The van der Waals surface area contributed by atoms with Crippen LogP contribution in [0.1, 0.15) is 29.6 Å². The summed E-state index contributed by atoms with van der Waals surface area (Å²) in [7, 11) is 0. The molecule has 0 amide bonds. The Morgan fingerprint density at radius 1 is 1.16 bits per heavy atom. The zero-order chi connectivity index (χ0) is 13.4. The third kappa shape index (κ3) is 2.50. The highest BCUT2D eigenvalue weighted by atomic mass is 79.9. The summed E-state index contributed by atoms with van der Waals surface area (Å²) in [4.78, 5) is 0. The van der Waals surface area contributed by atoms with Gasteiger partial charge < -0.3 is 11.1 Å². The van der Waals surface area contributed by atoms with Crippen LogP contribution in [0.3, 0.4) is 0 Å².